The summed E-state index contributed by atoms with van der Waals surface area (Å²) in [5.41, 5.74) is 3.53. The van der Waals surface area contributed by atoms with E-state index in [1.54, 1.807) is 6.20 Å². The van der Waals surface area contributed by atoms with Gasteiger partial charge in [-0.15, -0.1) is 0 Å². The van der Waals surface area contributed by atoms with Crippen LogP contribution in [0.1, 0.15) is 16.7 Å². The lowest BCUT2D eigenvalue weighted by atomic mass is 10.1. The maximum absolute atomic E-state index is 13.1. The smallest absolute Gasteiger partial charge is 0.129 e. The first-order chi connectivity index (χ1) is 11.2. The highest BCUT2D eigenvalue weighted by Gasteiger charge is 2.10. The lowest BCUT2D eigenvalue weighted by molar-refractivity contribution is 0.626. The summed E-state index contributed by atoms with van der Waals surface area (Å²) in [6.07, 6.45) is 1.79. The predicted molar refractivity (Wildman–Crippen MR) is 91.7 cm³/mol. The Labute approximate surface area is 136 Å². The Hall–Kier alpha value is -2.68. The number of hydrogen-bond donors (Lipinski definition) is 0. The van der Waals surface area contributed by atoms with Crippen LogP contribution in [0.15, 0.2) is 72.9 Å². The molecule has 0 atom stereocenters. The van der Waals surface area contributed by atoms with E-state index in [9.17, 15) is 4.39 Å². The van der Waals surface area contributed by atoms with E-state index in [-0.39, 0.29) is 5.82 Å². The number of halogens is 1. The van der Waals surface area contributed by atoms with Crippen LogP contribution in [0.5, 0.6) is 0 Å². The minimum Gasteiger partial charge on any atom is -0.348 e. The molecule has 0 fully saturated rings. The molecule has 1 aromatic heterocycles. The molecule has 0 aliphatic heterocycles. The van der Waals surface area contributed by atoms with Crippen LogP contribution in [-0.2, 0) is 13.1 Å². The average Bonchev–Trinajstić information content (AvgIpc) is 2.57. The highest BCUT2D eigenvalue weighted by Crippen LogP contribution is 2.18. The quantitative estimate of drug-likeness (QED) is 0.677. The van der Waals surface area contributed by atoms with Crippen molar-refractivity contribution in [3.8, 4) is 0 Å². The minimum absolute atomic E-state index is 0.211. The molecule has 0 saturated heterocycles. The second-order valence-electron chi connectivity index (χ2n) is 5.66. The second kappa shape index (κ2) is 7.05. The Balaban J connectivity index is 1.86. The maximum atomic E-state index is 13.1. The Morgan fingerprint density at radius 3 is 2.35 bits per heavy atom. The predicted octanol–water partition coefficient (Wildman–Crippen LogP) is 4.74. The van der Waals surface area contributed by atoms with Gasteiger partial charge in [-0.3, -0.25) is 0 Å². The molecular formula is C20H19FN2. The maximum Gasteiger partial charge on any atom is 0.129 e. The third-order valence-electron chi connectivity index (χ3n) is 3.72. The molecule has 3 heteroatoms. The van der Waals surface area contributed by atoms with Crippen LogP contribution in [0.3, 0.4) is 0 Å². The molecule has 0 spiro atoms. The van der Waals surface area contributed by atoms with E-state index in [0.29, 0.717) is 6.54 Å². The molecule has 2 nitrogen and oxygen atoms in total. The molecule has 0 aliphatic rings. The van der Waals surface area contributed by atoms with Crippen LogP contribution in [0.4, 0.5) is 10.2 Å². The first kappa shape index (κ1) is 15.2. The van der Waals surface area contributed by atoms with Gasteiger partial charge in [-0.05, 0) is 42.3 Å². The molecular weight excluding hydrogens is 287 g/mol. The van der Waals surface area contributed by atoms with Gasteiger partial charge in [0.25, 0.3) is 0 Å². The molecule has 0 N–H and O–H groups in total. The number of anilines is 1. The van der Waals surface area contributed by atoms with Crippen molar-refractivity contribution in [3.63, 3.8) is 0 Å². The zero-order valence-corrected chi connectivity index (χ0v) is 13.1. The molecule has 3 rings (SSSR count). The van der Waals surface area contributed by atoms with Crippen LogP contribution < -0.4 is 4.90 Å². The van der Waals surface area contributed by atoms with Crippen LogP contribution >= 0.6 is 0 Å². The van der Waals surface area contributed by atoms with Gasteiger partial charge in [0, 0.05) is 19.3 Å². The zero-order chi connectivity index (χ0) is 16.1. The lowest BCUT2D eigenvalue weighted by Crippen LogP contribution is -2.23. The normalized spacial score (nSPS) is 10.5. The fourth-order valence-electron chi connectivity index (χ4n) is 2.60. The van der Waals surface area contributed by atoms with Crippen LogP contribution in [0.25, 0.3) is 0 Å². The van der Waals surface area contributed by atoms with Crippen molar-refractivity contribution >= 4 is 5.82 Å². The fraction of sp³-hybridized carbons (Fsp3) is 0.150. The first-order valence-corrected chi connectivity index (χ1v) is 7.67. The van der Waals surface area contributed by atoms with E-state index in [1.165, 1.54) is 23.3 Å². The molecule has 23 heavy (non-hydrogen) atoms. The van der Waals surface area contributed by atoms with E-state index in [0.717, 1.165) is 17.9 Å². The van der Waals surface area contributed by atoms with E-state index in [1.807, 2.05) is 30.3 Å². The molecule has 1 heterocycles. The van der Waals surface area contributed by atoms with Crippen molar-refractivity contribution in [1.82, 2.24) is 4.98 Å². The summed E-state index contributed by atoms with van der Waals surface area (Å²) in [5.74, 6) is 0.704. The van der Waals surface area contributed by atoms with E-state index in [2.05, 4.69) is 41.1 Å². The average molecular weight is 306 g/mol. The summed E-state index contributed by atoms with van der Waals surface area (Å²) in [7, 11) is 0. The summed E-state index contributed by atoms with van der Waals surface area (Å²) in [5, 5.41) is 0. The van der Waals surface area contributed by atoms with Crippen LogP contribution in [0.2, 0.25) is 0 Å². The standard InChI is InChI=1S/C20H19FN2/c1-16-5-4-6-18(13-16)15-23(20-7-2-3-12-22-20)14-17-8-10-19(21)11-9-17/h2-13H,14-15H2,1H3. The SMILES string of the molecule is Cc1cccc(CN(Cc2ccc(F)cc2)c2ccccn2)c1. The van der Waals surface area contributed by atoms with Crippen molar-refractivity contribution in [2.24, 2.45) is 0 Å². The number of aryl methyl sites for hydroxylation is 1. The number of hydrogen-bond acceptors (Lipinski definition) is 2. The molecule has 2 aromatic carbocycles. The van der Waals surface area contributed by atoms with Gasteiger partial charge in [0.05, 0.1) is 0 Å². The van der Waals surface area contributed by atoms with Gasteiger partial charge < -0.3 is 4.90 Å². The first-order valence-electron chi connectivity index (χ1n) is 7.67. The summed E-state index contributed by atoms with van der Waals surface area (Å²) >= 11 is 0. The van der Waals surface area contributed by atoms with Crippen molar-refractivity contribution in [2.75, 3.05) is 4.90 Å². The Morgan fingerprint density at radius 1 is 0.870 bits per heavy atom. The van der Waals surface area contributed by atoms with E-state index < -0.39 is 0 Å². The van der Waals surface area contributed by atoms with Gasteiger partial charge in [-0.25, -0.2) is 9.37 Å². The molecule has 0 amide bonds. The largest absolute Gasteiger partial charge is 0.348 e. The molecule has 0 aliphatic carbocycles. The van der Waals surface area contributed by atoms with Gasteiger partial charge in [0.1, 0.15) is 11.6 Å². The van der Waals surface area contributed by atoms with Gasteiger partial charge in [0.15, 0.2) is 0 Å². The molecule has 0 unspecified atom stereocenters. The highest BCUT2D eigenvalue weighted by molar-refractivity contribution is 5.40. The number of aromatic nitrogens is 1. The fourth-order valence-corrected chi connectivity index (χ4v) is 2.60. The van der Waals surface area contributed by atoms with Gasteiger partial charge in [-0.2, -0.15) is 0 Å². The molecule has 116 valence electrons. The molecule has 0 radical (unpaired) electrons. The lowest BCUT2D eigenvalue weighted by Gasteiger charge is -2.24. The highest BCUT2D eigenvalue weighted by atomic mass is 19.1. The van der Waals surface area contributed by atoms with Crippen LogP contribution in [0, 0.1) is 12.7 Å². The second-order valence-corrected chi connectivity index (χ2v) is 5.66. The van der Waals surface area contributed by atoms with Crippen LogP contribution in [-0.4, -0.2) is 4.98 Å². The Kier molecular flexibility index (Phi) is 4.67. The van der Waals surface area contributed by atoms with Crippen molar-refractivity contribution in [2.45, 2.75) is 20.0 Å². The molecule has 3 aromatic rings. The minimum atomic E-state index is -0.211. The monoisotopic (exact) mass is 306 g/mol. The number of pyridine rings is 1. The van der Waals surface area contributed by atoms with Gasteiger partial charge in [-0.1, -0.05) is 48.0 Å². The molecule has 0 bridgehead atoms. The topological polar surface area (TPSA) is 16.1 Å². The number of rotatable bonds is 5. The van der Waals surface area contributed by atoms with Gasteiger partial charge in [0.2, 0.25) is 0 Å². The van der Waals surface area contributed by atoms with Crippen molar-refractivity contribution in [3.05, 3.63) is 95.4 Å². The third kappa shape index (κ3) is 4.16. The summed E-state index contributed by atoms with van der Waals surface area (Å²) < 4.78 is 13.1. The number of nitrogens with zero attached hydrogens (tertiary/aromatic N) is 2. The van der Waals surface area contributed by atoms with Crippen molar-refractivity contribution in [1.29, 1.82) is 0 Å². The van der Waals surface area contributed by atoms with Crippen molar-refractivity contribution < 1.29 is 4.39 Å². The third-order valence-corrected chi connectivity index (χ3v) is 3.72. The zero-order valence-electron chi connectivity index (χ0n) is 13.1. The molecule has 0 saturated carbocycles. The van der Waals surface area contributed by atoms with E-state index >= 15 is 0 Å². The van der Waals surface area contributed by atoms with Gasteiger partial charge >= 0.3 is 0 Å². The Bertz CT molecular complexity index is 754. The number of benzene rings is 2. The Morgan fingerprint density at radius 2 is 1.65 bits per heavy atom. The summed E-state index contributed by atoms with van der Waals surface area (Å²) in [6, 6.07) is 21.0. The summed E-state index contributed by atoms with van der Waals surface area (Å²) in [4.78, 5) is 6.66. The summed E-state index contributed by atoms with van der Waals surface area (Å²) in [6.45, 7) is 3.54. The van der Waals surface area contributed by atoms with E-state index in [4.69, 9.17) is 0 Å².